The lowest BCUT2D eigenvalue weighted by Gasteiger charge is -1.97. The maximum Gasteiger partial charge on any atom is 0.173 e. The quantitative estimate of drug-likeness (QED) is 0.502. The first kappa shape index (κ1) is 10.5. The summed E-state index contributed by atoms with van der Waals surface area (Å²) in [6.45, 7) is 10.4. The molecule has 1 heterocycles. The van der Waals surface area contributed by atoms with Crippen LogP contribution >= 0.6 is 0 Å². The lowest BCUT2D eigenvalue weighted by molar-refractivity contribution is -0.688. The lowest BCUT2D eigenvalue weighted by atomic mass is 10.2. The normalized spacial score (nSPS) is 11.1. The fourth-order valence-corrected chi connectivity index (χ4v) is 1.18. The summed E-state index contributed by atoms with van der Waals surface area (Å²) < 4.78 is 2.12. The molecule has 72 valence electrons. The molecule has 0 fully saturated rings. The van der Waals surface area contributed by atoms with Gasteiger partial charge in [-0.25, -0.2) is 4.57 Å². The summed E-state index contributed by atoms with van der Waals surface area (Å²) >= 11 is 0. The van der Waals surface area contributed by atoms with E-state index in [0.717, 1.165) is 12.1 Å². The van der Waals surface area contributed by atoms with Crippen molar-refractivity contribution in [3.8, 4) is 0 Å². The lowest BCUT2D eigenvalue weighted by Crippen LogP contribution is -2.33. The minimum absolute atomic E-state index is 0.843. The van der Waals surface area contributed by atoms with E-state index in [1.54, 1.807) is 6.08 Å². The van der Waals surface area contributed by atoms with Crippen molar-refractivity contribution in [3.63, 3.8) is 0 Å². The Kier molecular flexibility index (Phi) is 3.86. The molecule has 0 atom stereocenters. The Balaban J connectivity index is 2.77. The van der Waals surface area contributed by atoms with Gasteiger partial charge in [-0.1, -0.05) is 31.4 Å². The number of hydrogen-bond acceptors (Lipinski definition) is 0. The van der Waals surface area contributed by atoms with Gasteiger partial charge in [0.25, 0.3) is 0 Å². The molecule has 1 nitrogen and oxygen atoms in total. The molecule has 0 aliphatic rings. The number of aryl methyl sites for hydroxylation is 1. The molecule has 0 saturated heterocycles. The van der Waals surface area contributed by atoms with Gasteiger partial charge in [0.1, 0.15) is 0 Å². The van der Waals surface area contributed by atoms with Crippen LogP contribution < -0.4 is 4.57 Å². The van der Waals surface area contributed by atoms with E-state index in [9.17, 15) is 0 Å². The van der Waals surface area contributed by atoms with Gasteiger partial charge in [-0.2, -0.15) is 0 Å². The fourth-order valence-electron chi connectivity index (χ4n) is 1.18. The van der Waals surface area contributed by atoms with E-state index in [1.807, 2.05) is 12.2 Å². The fraction of sp³-hybridized carbons (Fsp3) is 0.154. The molecule has 0 saturated carbocycles. The number of pyridine rings is 1. The van der Waals surface area contributed by atoms with Crippen LogP contribution in [0.4, 0.5) is 0 Å². The highest BCUT2D eigenvalue weighted by atomic mass is 14.9. The highest BCUT2D eigenvalue weighted by Gasteiger charge is 2.00. The molecule has 1 aromatic heterocycles. The highest BCUT2D eigenvalue weighted by molar-refractivity contribution is 5.19. The smallest absolute Gasteiger partial charge is 0.173 e. The van der Waals surface area contributed by atoms with Gasteiger partial charge in [0.05, 0.1) is 0 Å². The first-order valence-electron chi connectivity index (χ1n) is 4.66. The summed E-state index contributed by atoms with van der Waals surface area (Å²) in [5.41, 5.74) is 2.43. The molecule has 0 aliphatic carbocycles. The van der Waals surface area contributed by atoms with E-state index < -0.39 is 0 Å². The highest BCUT2D eigenvalue weighted by Crippen LogP contribution is 1.97. The number of rotatable bonds is 4. The minimum atomic E-state index is 0.843. The van der Waals surface area contributed by atoms with Crippen molar-refractivity contribution in [2.75, 3.05) is 0 Å². The Labute approximate surface area is 85.7 Å². The third-order valence-corrected chi connectivity index (χ3v) is 2.02. The van der Waals surface area contributed by atoms with Crippen LogP contribution in [0.1, 0.15) is 5.56 Å². The molecule has 0 spiro atoms. The second-order valence-electron chi connectivity index (χ2n) is 3.23. The molecular formula is C13H16N+. The first-order valence-corrected chi connectivity index (χ1v) is 4.66. The van der Waals surface area contributed by atoms with Gasteiger partial charge < -0.3 is 0 Å². The monoisotopic (exact) mass is 186 g/mol. The number of aromatic nitrogens is 1. The van der Waals surface area contributed by atoms with E-state index in [0.29, 0.717) is 0 Å². The maximum atomic E-state index is 3.76. The Bertz CT molecular complexity index is 344. The third kappa shape index (κ3) is 3.02. The Morgan fingerprint density at radius 3 is 2.50 bits per heavy atom. The average Bonchev–Trinajstić information content (AvgIpc) is 2.20. The Morgan fingerprint density at radius 2 is 2.00 bits per heavy atom. The molecule has 0 aliphatic heterocycles. The second kappa shape index (κ2) is 5.18. The van der Waals surface area contributed by atoms with Crippen LogP contribution in [0.2, 0.25) is 0 Å². The van der Waals surface area contributed by atoms with Gasteiger partial charge in [-0.3, -0.25) is 0 Å². The summed E-state index contributed by atoms with van der Waals surface area (Å²) in [6, 6.07) is 4.18. The van der Waals surface area contributed by atoms with Crippen LogP contribution in [-0.4, -0.2) is 0 Å². The topological polar surface area (TPSA) is 3.88 Å². The largest absolute Gasteiger partial charge is 0.201 e. The van der Waals surface area contributed by atoms with Crippen molar-refractivity contribution in [3.05, 3.63) is 67.0 Å². The molecule has 1 aromatic rings. The maximum absolute atomic E-state index is 3.76. The van der Waals surface area contributed by atoms with Crippen molar-refractivity contribution in [1.82, 2.24) is 0 Å². The van der Waals surface area contributed by atoms with Gasteiger partial charge in [0.2, 0.25) is 0 Å². The zero-order valence-electron chi connectivity index (χ0n) is 8.61. The Hall–Kier alpha value is -1.63. The van der Waals surface area contributed by atoms with Gasteiger partial charge >= 0.3 is 0 Å². The van der Waals surface area contributed by atoms with Crippen molar-refractivity contribution < 1.29 is 4.57 Å². The molecule has 0 unspecified atom stereocenters. The summed E-state index contributed by atoms with van der Waals surface area (Å²) in [5, 5.41) is 0. The molecular weight excluding hydrogens is 170 g/mol. The first-order chi connectivity index (χ1) is 6.76. The summed E-state index contributed by atoms with van der Waals surface area (Å²) in [5.74, 6) is 0. The van der Waals surface area contributed by atoms with Crippen molar-refractivity contribution in [2.45, 2.75) is 13.5 Å². The minimum Gasteiger partial charge on any atom is -0.201 e. The van der Waals surface area contributed by atoms with Crippen LogP contribution in [0.15, 0.2) is 61.5 Å². The molecule has 14 heavy (non-hydrogen) atoms. The summed E-state index contributed by atoms with van der Waals surface area (Å²) in [7, 11) is 0. The van der Waals surface area contributed by atoms with Crippen molar-refractivity contribution in [1.29, 1.82) is 0 Å². The van der Waals surface area contributed by atoms with E-state index in [4.69, 9.17) is 0 Å². The van der Waals surface area contributed by atoms with Gasteiger partial charge in [-0.05, 0) is 12.5 Å². The molecule has 1 rings (SSSR count). The van der Waals surface area contributed by atoms with E-state index in [2.05, 4.69) is 49.2 Å². The SMILES string of the molecule is C=CC=C(C=C)C[n+]1ccc(C)cc1. The van der Waals surface area contributed by atoms with Gasteiger partial charge in [-0.15, -0.1) is 0 Å². The summed E-state index contributed by atoms with van der Waals surface area (Å²) in [4.78, 5) is 0. The third-order valence-electron chi connectivity index (χ3n) is 2.02. The van der Waals surface area contributed by atoms with Crippen molar-refractivity contribution >= 4 is 0 Å². The van der Waals surface area contributed by atoms with E-state index in [-0.39, 0.29) is 0 Å². The predicted octanol–water partition coefficient (Wildman–Crippen LogP) is 2.58. The van der Waals surface area contributed by atoms with Crippen LogP contribution in [0.5, 0.6) is 0 Å². The molecule has 0 aromatic carbocycles. The molecule has 0 amide bonds. The molecule has 0 radical (unpaired) electrons. The molecule has 0 N–H and O–H groups in total. The number of allylic oxidation sites excluding steroid dienone is 4. The van der Waals surface area contributed by atoms with Crippen LogP contribution in [0, 0.1) is 6.92 Å². The van der Waals surface area contributed by atoms with Crippen LogP contribution in [0.25, 0.3) is 0 Å². The van der Waals surface area contributed by atoms with Crippen LogP contribution in [0.3, 0.4) is 0 Å². The van der Waals surface area contributed by atoms with E-state index >= 15 is 0 Å². The zero-order chi connectivity index (χ0) is 10.4. The molecule has 0 bridgehead atoms. The van der Waals surface area contributed by atoms with Gasteiger partial charge in [0, 0.05) is 17.7 Å². The predicted molar refractivity (Wildman–Crippen MR) is 59.9 cm³/mol. The Morgan fingerprint density at radius 1 is 1.36 bits per heavy atom. The van der Waals surface area contributed by atoms with Crippen molar-refractivity contribution in [2.24, 2.45) is 0 Å². The van der Waals surface area contributed by atoms with Crippen LogP contribution in [-0.2, 0) is 6.54 Å². The standard InChI is InChI=1S/C13H16N/c1-4-6-13(5-2)11-14-9-7-12(3)8-10-14/h4-10H,1-2,11H2,3H3/q+1. The van der Waals surface area contributed by atoms with E-state index in [1.165, 1.54) is 5.56 Å². The summed E-state index contributed by atoms with van der Waals surface area (Å²) in [6.07, 6.45) is 9.74. The average molecular weight is 186 g/mol. The zero-order valence-corrected chi connectivity index (χ0v) is 8.61. The van der Waals surface area contributed by atoms with Gasteiger partial charge in [0.15, 0.2) is 18.9 Å². The number of hydrogen-bond donors (Lipinski definition) is 0. The number of nitrogens with zero attached hydrogens (tertiary/aromatic N) is 1. The molecule has 1 heteroatoms. The second-order valence-corrected chi connectivity index (χ2v) is 3.23.